The maximum atomic E-state index is 11.6. The highest BCUT2D eigenvalue weighted by Crippen LogP contribution is 2.09. The molecule has 0 bridgehead atoms. The van der Waals surface area contributed by atoms with E-state index in [1.54, 1.807) is 0 Å². The number of hydrogen-bond acceptors (Lipinski definition) is 3. The van der Waals surface area contributed by atoms with Crippen LogP contribution in [0.25, 0.3) is 0 Å². The number of aryl methyl sites for hydroxylation is 1. The number of hydrogen-bond donors (Lipinski definition) is 2. The third kappa shape index (κ3) is 6.80. The van der Waals surface area contributed by atoms with Gasteiger partial charge in [0.25, 0.3) is 0 Å². The van der Waals surface area contributed by atoms with Gasteiger partial charge in [0.1, 0.15) is 6.61 Å². The number of carboxylic acid groups (broad SMARTS) is 1. The van der Waals surface area contributed by atoms with Crippen LogP contribution in [0.5, 0.6) is 0 Å². The lowest BCUT2D eigenvalue weighted by Crippen LogP contribution is -2.24. The topological polar surface area (TPSA) is 75.6 Å². The van der Waals surface area contributed by atoms with Gasteiger partial charge in [-0.1, -0.05) is 60.4 Å². The third-order valence-corrected chi connectivity index (χ3v) is 3.38. The summed E-state index contributed by atoms with van der Waals surface area (Å²) >= 11 is 0. The molecular weight excluding hydrogens is 318 g/mol. The van der Waals surface area contributed by atoms with Crippen molar-refractivity contribution >= 4 is 12.1 Å². The van der Waals surface area contributed by atoms with Crippen LogP contribution in [-0.4, -0.2) is 23.7 Å². The first-order valence-electron chi connectivity index (χ1n) is 7.88. The van der Waals surface area contributed by atoms with E-state index in [2.05, 4.69) is 17.2 Å². The van der Waals surface area contributed by atoms with Gasteiger partial charge < -0.3 is 15.2 Å². The van der Waals surface area contributed by atoms with Crippen LogP contribution in [0.15, 0.2) is 54.6 Å². The van der Waals surface area contributed by atoms with E-state index >= 15 is 0 Å². The summed E-state index contributed by atoms with van der Waals surface area (Å²) in [5.74, 6) is 4.96. The molecular formula is C20H19NO4. The summed E-state index contributed by atoms with van der Waals surface area (Å²) in [6, 6.07) is 16.8. The van der Waals surface area contributed by atoms with Gasteiger partial charge in [0.2, 0.25) is 0 Å². The second-order valence-corrected chi connectivity index (χ2v) is 5.27. The minimum atomic E-state index is -0.842. The first kappa shape index (κ1) is 18.1. The number of carbonyl (C=O) groups excluding carboxylic acids is 1. The molecule has 0 unspecified atom stereocenters. The summed E-state index contributed by atoms with van der Waals surface area (Å²) in [7, 11) is 0. The maximum absolute atomic E-state index is 11.6. The Morgan fingerprint density at radius 2 is 1.76 bits per heavy atom. The van der Waals surface area contributed by atoms with E-state index < -0.39 is 12.1 Å². The van der Waals surface area contributed by atoms with Crippen molar-refractivity contribution in [2.24, 2.45) is 0 Å². The van der Waals surface area contributed by atoms with Gasteiger partial charge in [-0.15, -0.1) is 0 Å². The fourth-order valence-electron chi connectivity index (χ4n) is 2.13. The molecule has 2 rings (SSSR count). The number of nitrogens with one attached hydrogen (secondary N) is 1. The maximum Gasteiger partial charge on any atom is 0.408 e. The molecule has 0 spiro atoms. The summed E-state index contributed by atoms with van der Waals surface area (Å²) in [6.07, 6.45) is -0.0486. The summed E-state index contributed by atoms with van der Waals surface area (Å²) in [5, 5.41) is 11.3. The van der Waals surface area contributed by atoms with Gasteiger partial charge in [0.05, 0.1) is 6.54 Å². The van der Waals surface area contributed by atoms with Crippen molar-refractivity contribution in [1.82, 2.24) is 5.32 Å². The van der Waals surface area contributed by atoms with Crippen molar-refractivity contribution in [2.75, 3.05) is 6.54 Å². The number of rotatable bonds is 6. The second kappa shape index (κ2) is 9.78. The van der Waals surface area contributed by atoms with Crippen molar-refractivity contribution in [3.05, 3.63) is 71.3 Å². The molecule has 0 fully saturated rings. The van der Waals surface area contributed by atoms with E-state index in [9.17, 15) is 9.59 Å². The molecule has 0 aliphatic rings. The van der Waals surface area contributed by atoms with E-state index in [0.29, 0.717) is 6.42 Å². The van der Waals surface area contributed by atoms with Gasteiger partial charge in [0.15, 0.2) is 0 Å². The molecule has 5 nitrogen and oxygen atoms in total. The van der Waals surface area contributed by atoms with Crippen molar-refractivity contribution in [3.63, 3.8) is 0 Å². The zero-order valence-corrected chi connectivity index (χ0v) is 13.7. The third-order valence-electron chi connectivity index (χ3n) is 3.38. The van der Waals surface area contributed by atoms with Gasteiger partial charge >= 0.3 is 12.1 Å². The molecule has 0 saturated carbocycles. The van der Waals surface area contributed by atoms with Gasteiger partial charge in [0, 0.05) is 12.0 Å². The molecule has 0 heterocycles. The lowest BCUT2D eigenvalue weighted by atomic mass is 10.0. The van der Waals surface area contributed by atoms with Crippen LogP contribution in [0, 0.1) is 11.8 Å². The van der Waals surface area contributed by atoms with E-state index in [0.717, 1.165) is 16.7 Å². The molecule has 1 amide bonds. The smallest absolute Gasteiger partial charge is 0.408 e. The molecule has 0 saturated heterocycles. The molecule has 128 valence electrons. The Hall–Kier alpha value is -3.26. The standard InChI is InChI=1S/C20H19NO4/c22-19(23)13-12-18-10-5-4-9-17(18)11-6-14-21-20(24)25-15-16-7-2-1-3-8-16/h1-5,7-10H,12-15H2,(H,21,24)(H,22,23). The first-order valence-corrected chi connectivity index (χ1v) is 7.88. The number of alkyl carbamates (subject to hydrolysis) is 1. The molecule has 0 aliphatic carbocycles. The quantitative estimate of drug-likeness (QED) is 0.795. The molecule has 0 aromatic heterocycles. The molecule has 0 radical (unpaired) electrons. The Labute approximate surface area is 146 Å². The van der Waals surface area contributed by atoms with Gasteiger partial charge in [-0.3, -0.25) is 4.79 Å². The average Bonchev–Trinajstić information content (AvgIpc) is 2.63. The lowest BCUT2D eigenvalue weighted by molar-refractivity contribution is -0.136. The Balaban J connectivity index is 1.80. The SMILES string of the molecule is O=C(O)CCc1ccccc1C#CCNC(=O)OCc1ccccc1. The van der Waals surface area contributed by atoms with Crippen LogP contribution in [0.2, 0.25) is 0 Å². The fourth-order valence-corrected chi connectivity index (χ4v) is 2.13. The predicted molar refractivity (Wildman–Crippen MR) is 93.9 cm³/mol. The highest BCUT2D eigenvalue weighted by Gasteiger charge is 2.03. The van der Waals surface area contributed by atoms with E-state index in [-0.39, 0.29) is 19.6 Å². The number of benzene rings is 2. The average molecular weight is 337 g/mol. The minimum absolute atomic E-state index is 0.0583. The fraction of sp³-hybridized carbons (Fsp3) is 0.200. The van der Waals surface area contributed by atoms with Crippen molar-refractivity contribution in [3.8, 4) is 11.8 Å². The molecule has 0 aliphatic heterocycles. The van der Waals surface area contributed by atoms with E-state index in [4.69, 9.17) is 9.84 Å². The van der Waals surface area contributed by atoms with Crippen LogP contribution < -0.4 is 5.32 Å². The van der Waals surface area contributed by atoms with Gasteiger partial charge in [-0.2, -0.15) is 0 Å². The van der Waals surface area contributed by atoms with Crippen LogP contribution >= 0.6 is 0 Å². The normalized spacial score (nSPS) is 9.60. The number of carboxylic acids is 1. The van der Waals surface area contributed by atoms with Crippen LogP contribution in [0.3, 0.4) is 0 Å². The summed E-state index contributed by atoms with van der Waals surface area (Å²) in [5.41, 5.74) is 2.56. The predicted octanol–water partition coefficient (Wildman–Crippen LogP) is 2.98. The highest BCUT2D eigenvalue weighted by molar-refractivity contribution is 5.68. The zero-order chi connectivity index (χ0) is 17.9. The monoisotopic (exact) mass is 337 g/mol. The van der Waals surface area contributed by atoms with Crippen molar-refractivity contribution < 1.29 is 19.4 Å². The number of carbonyl (C=O) groups is 2. The van der Waals surface area contributed by atoms with Crippen LogP contribution in [0.1, 0.15) is 23.1 Å². The van der Waals surface area contributed by atoms with Crippen LogP contribution in [-0.2, 0) is 22.6 Å². The molecule has 5 heteroatoms. The Kier molecular flexibility index (Phi) is 7.08. The zero-order valence-electron chi connectivity index (χ0n) is 13.7. The summed E-state index contributed by atoms with van der Waals surface area (Å²) in [6.45, 7) is 0.360. The highest BCUT2D eigenvalue weighted by atomic mass is 16.5. The van der Waals surface area contributed by atoms with Crippen LogP contribution in [0.4, 0.5) is 4.79 Å². The minimum Gasteiger partial charge on any atom is -0.481 e. The lowest BCUT2D eigenvalue weighted by Gasteiger charge is -2.04. The molecule has 25 heavy (non-hydrogen) atoms. The van der Waals surface area contributed by atoms with Gasteiger partial charge in [-0.05, 0) is 23.6 Å². The van der Waals surface area contributed by atoms with E-state index in [1.807, 2.05) is 54.6 Å². The number of aliphatic carboxylic acids is 1. The molecule has 2 aromatic rings. The largest absolute Gasteiger partial charge is 0.481 e. The Morgan fingerprint density at radius 1 is 1.04 bits per heavy atom. The van der Waals surface area contributed by atoms with Gasteiger partial charge in [-0.25, -0.2) is 4.79 Å². The number of amides is 1. The van der Waals surface area contributed by atoms with Crippen molar-refractivity contribution in [1.29, 1.82) is 0 Å². The molecule has 2 N–H and O–H groups in total. The molecule has 0 atom stereocenters. The Morgan fingerprint density at radius 3 is 2.52 bits per heavy atom. The summed E-state index contributed by atoms with van der Waals surface area (Å²) in [4.78, 5) is 22.3. The summed E-state index contributed by atoms with van der Waals surface area (Å²) < 4.78 is 5.09. The number of ether oxygens (including phenoxy) is 1. The second-order valence-electron chi connectivity index (χ2n) is 5.27. The van der Waals surface area contributed by atoms with E-state index in [1.165, 1.54) is 0 Å². The molecule has 2 aromatic carbocycles. The first-order chi connectivity index (χ1) is 12.1. The Bertz CT molecular complexity index is 775. The van der Waals surface area contributed by atoms with Crippen molar-refractivity contribution in [2.45, 2.75) is 19.4 Å².